The van der Waals surface area contributed by atoms with Gasteiger partial charge in [-0.25, -0.2) is 0 Å². The number of hydrogen-bond donors (Lipinski definition) is 1. The van der Waals surface area contributed by atoms with Crippen molar-refractivity contribution in [1.29, 1.82) is 0 Å². The molecule has 0 spiro atoms. The largest absolute Gasteiger partial charge is 0.343 e. The van der Waals surface area contributed by atoms with E-state index in [1.165, 1.54) is 32.1 Å². The van der Waals surface area contributed by atoms with Crippen molar-refractivity contribution in [3.05, 3.63) is 0 Å². The van der Waals surface area contributed by atoms with Gasteiger partial charge < -0.3 is 10.2 Å². The third-order valence-corrected chi connectivity index (χ3v) is 4.65. The molecule has 0 bridgehead atoms. The van der Waals surface area contributed by atoms with E-state index in [1.54, 1.807) is 0 Å². The molecule has 0 aromatic rings. The predicted molar refractivity (Wildman–Crippen MR) is 77.0 cm³/mol. The fourth-order valence-electron chi connectivity index (χ4n) is 2.93. The molecule has 106 valence electrons. The topological polar surface area (TPSA) is 32.3 Å². The van der Waals surface area contributed by atoms with Gasteiger partial charge in [0.25, 0.3) is 0 Å². The second kappa shape index (κ2) is 7.34. The first-order valence-electron chi connectivity index (χ1n) is 7.15. The second-order valence-corrected chi connectivity index (χ2v) is 5.88. The Hall–Kier alpha value is -0.280. The quantitative estimate of drug-likeness (QED) is 0.854. The lowest BCUT2D eigenvalue weighted by molar-refractivity contribution is -0.134. The van der Waals surface area contributed by atoms with Gasteiger partial charge in [-0.3, -0.25) is 4.79 Å². The minimum atomic E-state index is 0. The van der Waals surface area contributed by atoms with Crippen molar-refractivity contribution >= 4 is 18.3 Å². The molecule has 2 rings (SSSR count). The average molecular weight is 275 g/mol. The third-order valence-electron chi connectivity index (χ3n) is 4.65. The van der Waals surface area contributed by atoms with Crippen LogP contribution < -0.4 is 5.32 Å². The fourth-order valence-corrected chi connectivity index (χ4v) is 2.93. The van der Waals surface area contributed by atoms with Crippen LogP contribution in [0.5, 0.6) is 0 Å². The van der Waals surface area contributed by atoms with Crippen LogP contribution in [0.2, 0.25) is 0 Å². The number of halogens is 1. The first-order valence-corrected chi connectivity index (χ1v) is 7.15. The van der Waals surface area contributed by atoms with Gasteiger partial charge in [0.2, 0.25) is 5.91 Å². The number of rotatable bonds is 4. The summed E-state index contributed by atoms with van der Waals surface area (Å²) in [6.45, 7) is 4.49. The molecule has 1 saturated heterocycles. The molecule has 1 N–H and O–H groups in total. The van der Waals surface area contributed by atoms with Gasteiger partial charge >= 0.3 is 0 Å². The minimum absolute atomic E-state index is 0. The third kappa shape index (κ3) is 3.86. The molecule has 2 unspecified atom stereocenters. The van der Waals surface area contributed by atoms with Crippen LogP contribution in [-0.4, -0.2) is 37.0 Å². The summed E-state index contributed by atoms with van der Waals surface area (Å²) in [6.07, 6.45) is 7.00. The smallest absolute Gasteiger partial charge is 0.222 e. The van der Waals surface area contributed by atoms with Crippen LogP contribution in [0.3, 0.4) is 0 Å². The van der Waals surface area contributed by atoms with Crippen LogP contribution in [-0.2, 0) is 4.79 Å². The SMILES string of the molecule is CC(CC(=O)N(C)C1CCC1)C1CCCNC1.Cl. The van der Waals surface area contributed by atoms with Gasteiger partial charge in [0.1, 0.15) is 0 Å². The van der Waals surface area contributed by atoms with Crippen molar-refractivity contribution in [3.8, 4) is 0 Å². The lowest BCUT2D eigenvalue weighted by atomic mass is 9.84. The lowest BCUT2D eigenvalue weighted by Gasteiger charge is -2.36. The summed E-state index contributed by atoms with van der Waals surface area (Å²) in [5.41, 5.74) is 0. The Balaban J connectivity index is 0.00000162. The summed E-state index contributed by atoms with van der Waals surface area (Å²) in [7, 11) is 1.98. The van der Waals surface area contributed by atoms with Crippen LogP contribution in [0.15, 0.2) is 0 Å². The van der Waals surface area contributed by atoms with E-state index in [0.717, 1.165) is 19.5 Å². The Morgan fingerprint density at radius 1 is 1.33 bits per heavy atom. The Bertz CT molecular complexity index is 263. The van der Waals surface area contributed by atoms with E-state index in [-0.39, 0.29) is 12.4 Å². The molecule has 1 saturated carbocycles. The molecule has 0 aromatic heterocycles. The van der Waals surface area contributed by atoms with Crippen molar-refractivity contribution in [3.63, 3.8) is 0 Å². The van der Waals surface area contributed by atoms with Crippen LogP contribution in [0.1, 0.15) is 45.4 Å². The molecule has 2 atom stereocenters. The predicted octanol–water partition coefficient (Wildman–Crippen LogP) is 2.44. The number of carbonyl (C=O) groups is 1. The molecule has 2 fully saturated rings. The molecular formula is C14H27ClN2O. The van der Waals surface area contributed by atoms with Crippen molar-refractivity contribution in [2.75, 3.05) is 20.1 Å². The molecule has 2 aliphatic rings. The van der Waals surface area contributed by atoms with Crippen LogP contribution >= 0.6 is 12.4 Å². The second-order valence-electron chi connectivity index (χ2n) is 5.88. The first kappa shape index (κ1) is 15.8. The van der Waals surface area contributed by atoms with Crippen molar-refractivity contribution in [1.82, 2.24) is 10.2 Å². The van der Waals surface area contributed by atoms with Crippen molar-refractivity contribution < 1.29 is 4.79 Å². The summed E-state index contributed by atoms with van der Waals surface area (Å²) in [5.74, 6) is 1.58. The van der Waals surface area contributed by atoms with Gasteiger partial charge in [-0.05, 0) is 57.0 Å². The minimum Gasteiger partial charge on any atom is -0.343 e. The van der Waals surface area contributed by atoms with E-state index in [0.29, 0.717) is 23.8 Å². The Labute approximate surface area is 117 Å². The highest BCUT2D eigenvalue weighted by Gasteiger charge is 2.28. The monoisotopic (exact) mass is 274 g/mol. The van der Waals surface area contributed by atoms with Crippen molar-refractivity contribution in [2.45, 2.75) is 51.5 Å². The molecule has 1 amide bonds. The molecular weight excluding hydrogens is 248 g/mol. The molecule has 3 nitrogen and oxygen atoms in total. The highest BCUT2D eigenvalue weighted by molar-refractivity contribution is 5.85. The van der Waals surface area contributed by atoms with E-state index in [2.05, 4.69) is 12.2 Å². The van der Waals surface area contributed by atoms with E-state index in [1.807, 2.05) is 11.9 Å². The average Bonchev–Trinajstić information content (AvgIpc) is 2.27. The standard InChI is InChI=1S/C14H26N2O.ClH/c1-11(12-5-4-8-15-10-12)9-14(17)16(2)13-6-3-7-13;/h11-13,15H,3-10H2,1-2H3;1H. The Morgan fingerprint density at radius 3 is 2.56 bits per heavy atom. The Kier molecular flexibility index (Phi) is 6.44. The first-order chi connectivity index (χ1) is 8.18. The van der Waals surface area contributed by atoms with Gasteiger partial charge in [-0.2, -0.15) is 0 Å². The number of hydrogen-bond acceptors (Lipinski definition) is 2. The number of amides is 1. The number of piperidine rings is 1. The highest BCUT2D eigenvalue weighted by atomic mass is 35.5. The van der Waals surface area contributed by atoms with Gasteiger partial charge in [0.15, 0.2) is 0 Å². The normalized spacial score (nSPS) is 25.8. The van der Waals surface area contributed by atoms with Crippen LogP contribution in [0, 0.1) is 11.8 Å². The zero-order chi connectivity index (χ0) is 12.3. The van der Waals surface area contributed by atoms with Gasteiger partial charge in [0, 0.05) is 19.5 Å². The van der Waals surface area contributed by atoms with Gasteiger partial charge in [-0.1, -0.05) is 6.92 Å². The Morgan fingerprint density at radius 2 is 2.06 bits per heavy atom. The summed E-state index contributed by atoms with van der Waals surface area (Å²) >= 11 is 0. The molecule has 1 heterocycles. The van der Waals surface area contributed by atoms with Gasteiger partial charge in [0.05, 0.1) is 0 Å². The summed E-state index contributed by atoms with van der Waals surface area (Å²) in [5, 5.41) is 3.44. The molecule has 18 heavy (non-hydrogen) atoms. The van der Waals surface area contributed by atoms with E-state index >= 15 is 0 Å². The lowest BCUT2D eigenvalue weighted by Crippen LogP contribution is -2.43. The molecule has 1 aliphatic carbocycles. The number of nitrogens with one attached hydrogen (secondary N) is 1. The van der Waals surface area contributed by atoms with E-state index in [9.17, 15) is 4.79 Å². The maximum absolute atomic E-state index is 12.1. The summed E-state index contributed by atoms with van der Waals surface area (Å²) in [6, 6.07) is 0.541. The molecule has 0 aromatic carbocycles. The maximum Gasteiger partial charge on any atom is 0.222 e. The van der Waals surface area contributed by atoms with Gasteiger partial charge in [-0.15, -0.1) is 12.4 Å². The number of nitrogens with zero attached hydrogens (tertiary/aromatic N) is 1. The molecule has 4 heteroatoms. The fraction of sp³-hybridized carbons (Fsp3) is 0.929. The summed E-state index contributed by atoms with van der Waals surface area (Å²) < 4.78 is 0. The zero-order valence-electron chi connectivity index (χ0n) is 11.7. The molecule has 1 aliphatic heterocycles. The van der Waals surface area contributed by atoms with E-state index < -0.39 is 0 Å². The zero-order valence-corrected chi connectivity index (χ0v) is 12.5. The van der Waals surface area contributed by atoms with Crippen LogP contribution in [0.25, 0.3) is 0 Å². The maximum atomic E-state index is 12.1. The van der Waals surface area contributed by atoms with E-state index in [4.69, 9.17) is 0 Å². The van der Waals surface area contributed by atoms with Crippen LogP contribution in [0.4, 0.5) is 0 Å². The summed E-state index contributed by atoms with van der Waals surface area (Å²) in [4.78, 5) is 14.1. The van der Waals surface area contributed by atoms with Crippen molar-refractivity contribution in [2.24, 2.45) is 11.8 Å². The molecule has 0 radical (unpaired) electrons. The highest BCUT2D eigenvalue weighted by Crippen LogP contribution is 2.27. The number of carbonyl (C=O) groups excluding carboxylic acids is 1.